The number of amides is 1. The van der Waals surface area contributed by atoms with Crippen LogP contribution in [-0.4, -0.2) is 24.2 Å². The number of hydrogen-bond donors (Lipinski definition) is 2. The maximum absolute atomic E-state index is 13.6. The van der Waals surface area contributed by atoms with E-state index < -0.39 is 17.7 Å². The Hall–Kier alpha value is -2.83. The van der Waals surface area contributed by atoms with Crippen molar-refractivity contribution in [3.8, 4) is 22.6 Å². The minimum Gasteiger partial charge on any atom is -0.507 e. The summed E-state index contributed by atoms with van der Waals surface area (Å²) >= 11 is 12.8. The first-order chi connectivity index (χ1) is 14.7. The standard InChI is InChI=1S/C23H19Cl2F2NO3/c1-12(23(30)28-2)31-15-10-18(24)17(19(25)11-15)8-13-3-6-22(29)16(7-13)14-4-5-20(26)21(27)9-14/h3-7,9-12,29H,8H2,1-2H3,(H,28,30)/t12-/m1/s1. The van der Waals surface area contributed by atoms with Crippen LogP contribution in [-0.2, 0) is 11.2 Å². The van der Waals surface area contributed by atoms with Gasteiger partial charge in [0.2, 0.25) is 0 Å². The van der Waals surface area contributed by atoms with E-state index in [-0.39, 0.29) is 11.7 Å². The fourth-order valence-corrected chi connectivity index (χ4v) is 3.67. The molecular formula is C23H19Cl2F2NO3. The number of likely N-dealkylation sites (N-methyl/N-ethyl adjacent to an activating group) is 1. The third-order valence-electron chi connectivity index (χ3n) is 4.72. The number of hydrogen-bond acceptors (Lipinski definition) is 3. The second kappa shape index (κ2) is 9.54. The summed E-state index contributed by atoms with van der Waals surface area (Å²) < 4.78 is 32.4. The van der Waals surface area contributed by atoms with Crippen LogP contribution in [0.5, 0.6) is 11.5 Å². The van der Waals surface area contributed by atoms with Crippen LogP contribution in [0.1, 0.15) is 18.1 Å². The lowest BCUT2D eigenvalue weighted by Crippen LogP contribution is -2.33. The maximum atomic E-state index is 13.6. The van der Waals surface area contributed by atoms with Crippen molar-refractivity contribution >= 4 is 29.1 Å². The van der Waals surface area contributed by atoms with Crippen molar-refractivity contribution in [1.82, 2.24) is 5.32 Å². The quantitative estimate of drug-likeness (QED) is 0.487. The summed E-state index contributed by atoms with van der Waals surface area (Å²) in [6.07, 6.45) is -0.404. The molecule has 0 fully saturated rings. The van der Waals surface area contributed by atoms with Crippen molar-refractivity contribution in [3.05, 3.63) is 81.3 Å². The molecule has 0 unspecified atom stereocenters. The van der Waals surface area contributed by atoms with Gasteiger partial charge in [-0.1, -0.05) is 35.3 Å². The van der Waals surface area contributed by atoms with Crippen LogP contribution in [0, 0.1) is 11.6 Å². The van der Waals surface area contributed by atoms with Crippen LogP contribution in [0.4, 0.5) is 8.78 Å². The highest BCUT2D eigenvalue weighted by molar-refractivity contribution is 6.36. The molecule has 0 aliphatic carbocycles. The van der Waals surface area contributed by atoms with E-state index in [4.69, 9.17) is 27.9 Å². The Morgan fingerprint density at radius 3 is 2.35 bits per heavy atom. The van der Waals surface area contributed by atoms with E-state index in [1.165, 1.54) is 19.2 Å². The molecule has 0 heterocycles. The zero-order valence-corrected chi connectivity index (χ0v) is 18.2. The number of ether oxygens (including phenoxy) is 1. The van der Waals surface area contributed by atoms with Gasteiger partial charge in [-0.25, -0.2) is 8.78 Å². The fraction of sp³-hybridized carbons (Fsp3) is 0.174. The highest BCUT2D eigenvalue weighted by atomic mass is 35.5. The van der Waals surface area contributed by atoms with Gasteiger partial charge in [0.15, 0.2) is 17.7 Å². The minimum absolute atomic E-state index is 0.0705. The molecule has 3 aromatic rings. The largest absolute Gasteiger partial charge is 0.507 e. The van der Waals surface area contributed by atoms with Gasteiger partial charge in [0.25, 0.3) is 5.91 Å². The number of phenolic OH excluding ortho intramolecular Hbond substituents is 1. The van der Waals surface area contributed by atoms with Crippen LogP contribution in [0.2, 0.25) is 10.0 Å². The van der Waals surface area contributed by atoms with Crippen LogP contribution in [0.25, 0.3) is 11.1 Å². The molecule has 0 radical (unpaired) electrons. The van der Waals surface area contributed by atoms with Crippen molar-refractivity contribution < 1.29 is 23.4 Å². The van der Waals surface area contributed by atoms with Gasteiger partial charge in [-0.3, -0.25) is 4.79 Å². The van der Waals surface area contributed by atoms with E-state index in [1.807, 2.05) is 0 Å². The highest BCUT2D eigenvalue weighted by Crippen LogP contribution is 2.35. The Labute approximate surface area is 188 Å². The predicted octanol–water partition coefficient (Wildman–Crippen LogP) is 5.75. The van der Waals surface area contributed by atoms with Crippen molar-refractivity contribution in [2.45, 2.75) is 19.4 Å². The topological polar surface area (TPSA) is 58.6 Å². The molecule has 31 heavy (non-hydrogen) atoms. The van der Waals surface area contributed by atoms with Crippen molar-refractivity contribution in [3.63, 3.8) is 0 Å². The van der Waals surface area contributed by atoms with Crippen molar-refractivity contribution in [2.24, 2.45) is 0 Å². The van der Waals surface area contributed by atoms with Gasteiger partial charge >= 0.3 is 0 Å². The number of carbonyl (C=O) groups excluding carboxylic acids is 1. The summed E-state index contributed by atoms with van der Waals surface area (Å²) in [5.74, 6) is -1.98. The molecule has 0 spiro atoms. The van der Waals surface area contributed by atoms with Gasteiger partial charge < -0.3 is 15.2 Å². The van der Waals surface area contributed by atoms with Crippen LogP contribution in [0.3, 0.4) is 0 Å². The van der Waals surface area contributed by atoms with Crippen molar-refractivity contribution in [1.29, 1.82) is 0 Å². The molecule has 8 heteroatoms. The number of benzene rings is 3. The lowest BCUT2D eigenvalue weighted by atomic mass is 9.98. The molecule has 1 atom stereocenters. The summed E-state index contributed by atoms with van der Waals surface area (Å²) in [7, 11) is 1.51. The second-order valence-electron chi connectivity index (χ2n) is 6.90. The summed E-state index contributed by atoms with van der Waals surface area (Å²) in [6, 6.07) is 11.4. The molecule has 0 aliphatic heterocycles. The zero-order chi connectivity index (χ0) is 22.7. The van der Waals surface area contributed by atoms with E-state index in [0.29, 0.717) is 38.9 Å². The van der Waals surface area contributed by atoms with E-state index in [1.54, 1.807) is 31.2 Å². The molecule has 0 aliphatic rings. The van der Waals surface area contributed by atoms with Gasteiger partial charge in [-0.05, 0) is 60.0 Å². The van der Waals surface area contributed by atoms with Crippen LogP contribution < -0.4 is 10.1 Å². The van der Waals surface area contributed by atoms with Gasteiger partial charge in [-0.15, -0.1) is 0 Å². The molecule has 0 saturated heterocycles. The van der Waals surface area contributed by atoms with Crippen molar-refractivity contribution in [2.75, 3.05) is 7.05 Å². The normalized spacial score (nSPS) is 11.8. The number of halogens is 4. The zero-order valence-electron chi connectivity index (χ0n) is 16.7. The molecule has 0 aromatic heterocycles. The Bertz CT molecular complexity index is 1110. The summed E-state index contributed by atoms with van der Waals surface area (Å²) in [5.41, 5.74) is 2.05. The molecular weight excluding hydrogens is 447 g/mol. The maximum Gasteiger partial charge on any atom is 0.260 e. The number of nitrogens with one attached hydrogen (secondary N) is 1. The molecule has 2 N–H and O–H groups in total. The van der Waals surface area contributed by atoms with Gasteiger partial charge in [0.05, 0.1) is 0 Å². The summed E-state index contributed by atoms with van der Waals surface area (Å²) in [5, 5.41) is 13.4. The average molecular weight is 466 g/mol. The minimum atomic E-state index is -1.00. The highest BCUT2D eigenvalue weighted by Gasteiger charge is 2.16. The van der Waals surface area contributed by atoms with Gasteiger partial charge in [0.1, 0.15) is 11.5 Å². The van der Waals surface area contributed by atoms with E-state index in [2.05, 4.69) is 5.32 Å². The van der Waals surface area contributed by atoms with Crippen LogP contribution in [0.15, 0.2) is 48.5 Å². The van der Waals surface area contributed by atoms with E-state index in [0.717, 1.165) is 17.7 Å². The summed E-state index contributed by atoms with van der Waals surface area (Å²) in [4.78, 5) is 11.6. The van der Waals surface area contributed by atoms with E-state index >= 15 is 0 Å². The molecule has 162 valence electrons. The van der Waals surface area contributed by atoms with Gasteiger partial charge in [-0.2, -0.15) is 0 Å². The van der Waals surface area contributed by atoms with Gasteiger partial charge in [0, 0.05) is 29.1 Å². The SMILES string of the molecule is CNC(=O)[C@@H](C)Oc1cc(Cl)c(Cc2ccc(O)c(-c3ccc(F)c(F)c3)c2)c(Cl)c1. The third-order valence-corrected chi connectivity index (χ3v) is 5.39. The second-order valence-corrected chi connectivity index (χ2v) is 7.71. The van der Waals surface area contributed by atoms with Crippen LogP contribution >= 0.6 is 23.2 Å². The number of rotatable bonds is 6. The third kappa shape index (κ3) is 5.27. The fourth-order valence-electron chi connectivity index (χ4n) is 3.07. The number of phenols is 1. The Morgan fingerprint density at radius 1 is 1.06 bits per heavy atom. The van der Waals surface area contributed by atoms with E-state index in [9.17, 15) is 18.7 Å². The molecule has 4 nitrogen and oxygen atoms in total. The predicted molar refractivity (Wildman–Crippen MR) is 117 cm³/mol. The molecule has 3 rings (SSSR count). The Morgan fingerprint density at radius 2 is 1.74 bits per heavy atom. The molecule has 1 amide bonds. The summed E-state index contributed by atoms with van der Waals surface area (Å²) in [6.45, 7) is 1.60. The first kappa shape index (κ1) is 22.8. The number of carbonyl (C=O) groups is 1. The Kier molecular flexibility index (Phi) is 7.03. The first-order valence-corrected chi connectivity index (χ1v) is 10.1. The monoisotopic (exact) mass is 465 g/mol. The average Bonchev–Trinajstić information content (AvgIpc) is 2.73. The Balaban J connectivity index is 1.89. The number of aromatic hydroxyl groups is 1. The molecule has 0 bridgehead atoms. The first-order valence-electron chi connectivity index (χ1n) is 9.33. The molecule has 3 aromatic carbocycles. The lowest BCUT2D eigenvalue weighted by molar-refractivity contribution is -0.126. The lowest BCUT2D eigenvalue weighted by Gasteiger charge is -2.16. The molecule has 0 saturated carbocycles. The smallest absolute Gasteiger partial charge is 0.260 e.